The molecule has 4 nitrogen and oxygen atoms in total. The number of carbonyl (C=O) groups excluding carboxylic acids is 2. The SMILES string of the molecule is CCC(CC)N1C(=O)C(CC(C)C)NC(=O)C1(C)C1CC1. The van der Waals surface area contributed by atoms with E-state index < -0.39 is 5.54 Å². The van der Waals surface area contributed by atoms with Crippen LogP contribution >= 0.6 is 0 Å². The van der Waals surface area contributed by atoms with Crippen LogP contribution in [-0.4, -0.2) is 34.3 Å². The molecule has 0 spiro atoms. The second kappa shape index (κ2) is 5.98. The maximum absolute atomic E-state index is 13.0. The first-order valence-electron chi connectivity index (χ1n) is 8.50. The van der Waals surface area contributed by atoms with E-state index in [-0.39, 0.29) is 23.9 Å². The second-order valence-electron chi connectivity index (χ2n) is 7.26. The van der Waals surface area contributed by atoms with Gasteiger partial charge in [-0.3, -0.25) is 9.59 Å². The lowest BCUT2D eigenvalue weighted by atomic mass is 9.84. The van der Waals surface area contributed by atoms with Crippen molar-refractivity contribution >= 4 is 11.8 Å². The summed E-state index contributed by atoms with van der Waals surface area (Å²) in [6.45, 7) is 10.4. The van der Waals surface area contributed by atoms with Crippen LogP contribution in [-0.2, 0) is 9.59 Å². The first-order chi connectivity index (χ1) is 9.86. The predicted molar refractivity (Wildman–Crippen MR) is 83.7 cm³/mol. The summed E-state index contributed by atoms with van der Waals surface area (Å²) in [7, 11) is 0. The zero-order valence-corrected chi connectivity index (χ0v) is 14.1. The fourth-order valence-electron chi connectivity index (χ4n) is 3.74. The summed E-state index contributed by atoms with van der Waals surface area (Å²) in [5.41, 5.74) is -0.638. The first-order valence-corrected chi connectivity index (χ1v) is 8.50. The molecule has 1 aliphatic heterocycles. The van der Waals surface area contributed by atoms with E-state index in [1.54, 1.807) is 0 Å². The molecule has 0 radical (unpaired) electrons. The summed E-state index contributed by atoms with van der Waals surface area (Å²) in [6.07, 6.45) is 4.66. The summed E-state index contributed by atoms with van der Waals surface area (Å²) in [4.78, 5) is 27.8. The minimum Gasteiger partial charge on any atom is -0.342 e. The van der Waals surface area contributed by atoms with Gasteiger partial charge in [0.05, 0.1) is 0 Å². The van der Waals surface area contributed by atoms with Crippen molar-refractivity contribution in [1.82, 2.24) is 10.2 Å². The number of hydrogen-bond donors (Lipinski definition) is 1. The lowest BCUT2D eigenvalue weighted by Gasteiger charge is -2.50. The van der Waals surface area contributed by atoms with Crippen LogP contribution in [0.5, 0.6) is 0 Å². The Morgan fingerprint density at radius 3 is 2.24 bits per heavy atom. The van der Waals surface area contributed by atoms with E-state index in [9.17, 15) is 9.59 Å². The van der Waals surface area contributed by atoms with Gasteiger partial charge in [-0.15, -0.1) is 0 Å². The molecule has 1 aliphatic carbocycles. The highest BCUT2D eigenvalue weighted by Crippen LogP contribution is 2.46. The number of nitrogens with one attached hydrogen (secondary N) is 1. The lowest BCUT2D eigenvalue weighted by molar-refractivity contribution is -0.162. The minimum atomic E-state index is -0.638. The maximum atomic E-state index is 13.0. The number of amides is 2. The third-order valence-electron chi connectivity index (χ3n) is 5.19. The van der Waals surface area contributed by atoms with E-state index >= 15 is 0 Å². The van der Waals surface area contributed by atoms with Crippen LogP contribution in [0, 0.1) is 11.8 Å². The van der Waals surface area contributed by atoms with Crippen molar-refractivity contribution in [3.63, 3.8) is 0 Å². The van der Waals surface area contributed by atoms with Crippen molar-refractivity contribution in [3.05, 3.63) is 0 Å². The summed E-state index contributed by atoms with van der Waals surface area (Å²) >= 11 is 0. The average molecular weight is 294 g/mol. The minimum absolute atomic E-state index is 0.0575. The molecule has 0 bridgehead atoms. The highest BCUT2D eigenvalue weighted by molar-refractivity contribution is 6.00. The molecule has 2 amide bonds. The van der Waals surface area contributed by atoms with Crippen LogP contribution in [0.3, 0.4) is 0 Å². The molecule has 4 heteroatoms. The van der Waals surface area contributed by atoms with E-state index in [1.807, 2.05) is 11.8 Å². The van der Waals surface area contributed by atoms with Crippen LogP contribution in [0.1, 0.15) is 66.7 Å². The number of hydrogen-bond acceptors (Lipinski definition) is 2. The van der Waals surface area contributed by atoms with Gasteiger partial charge in [-0.05, 0) is 50.9 Å². The average Bonchev–Trinajstić information content (AvgIpc) is 3.25. The van der Waals surface area contributed by atoms with Crippen molar-refractivity contribution in [3.8, 4) is 0 Å². The monoisotopic (exact) mass is 294 g/mol. The Morgan fingerprint density at radius 1 is 1.24 bits per heavy atom. The van der Waals surface area contributed by atoms with Gasteiger partial charge >= 0.3 is 0 Å². The molecule has 1 heterocycles. The van der Waals surface area contributed by atoms with E-state index in [1.165, 1.54) is 0 Å². The molecule has 2 fully saturated rings. The third kappa shape index (κ3) is 2.82. The predicted octanol–water partition coefficient (Wildman–Crippen LogP) is 2.72. The number of carbonyl (C=O) groups is 2. The summed E-state index contributed by atoms with van der Waals surface area (Å²) in [6, 6.07) is -0.172. The fraction of sp³-hybridized carbons (Fsp3) is 0.882. The Morgan fingerprint density at radius 2 is 1.81 bits per heavy atom. The standard InChI is InChI=1S/C17H30N2O2/c1-6-13(7-2)19-15(20)14(10-11(3)4)18-16(21)17(19,5)12-8-9-12/h11-14H,6-10H2,1-5H3,(H,18,21). The van der Waals surface area contributed by atoms with Crippen LogP contribution in [0.25, 0.3) is 0 Å². The molecular formula is C17H30N2O2. The molecule has 120 valence electrons. The Bertz CT molecular complexity index is 413. The van der Waals surface area contributed by atoms with Gasteiger partial charge in [-0.25, -0.2) is 0 Å². The van der Waals surface area contributed by atoms with E-state index in [0.717, 1.165) is 32.1 Å². The second-order valence-corrected chi connectivity index (χ2v) is 7.26. The van der Waals surface area contributed by atoms with E-state index in [0.29, 0.717) is 11.8 Å². The van der Waals surface area contributed by atoms with Crippen LogP contribution < -0.4 is 5.32 Å². The van der Waals surface area contributed by atoms with Gasteiger partial charge in [0.25, 0.3) is 0 Å². The molecule has 1 saturated heterocycles. The zero-order chi connectivity index (χ0) is 15.8. The molecule has 0 aromatic heterocycles. The number of piperazine rings is 1. The van der Waals surface area contributed by atoms with Crippen molar-refractivity contribution in [1.29, 1.82) is 0 Å². The normalized spacial score (nSPS) is 30.2. The van der Waals surface area contributed by atoms with Gasteiger partial charge in [0, 0.05) is 6.04 Å². The van der Waals surface area contributed by atoms with Gasteiger partial charge in [0.2, 0.25) is 11.8 Å². The maximum Gasteiger partial charge on any atom is 0.246 e. The van der Waals surface area contributed by atoms with Crippen molar-refractivity contribution < 1.29 is 9.59 Å². The van der Waals surface area contributed by atoms with Crippen LogP contribution in [0.15, 0.2) is 0 Å². The summed E-state index contributed by atoms with van der Waals surface area (Å²) in [5.74, 6) is 0.920. The molecule has 2 atom stereocenters. The smallest absolute Gasteiger partial charge is 0.246 e. The molecule has 0 aromatic rings. The molecule has 1 N–H and O–H groups in total. The topological polar surface area (TPSA) is 49.4 Å². The first kappa shape index (κ1) is 16.3. The van der Waals surface area contributed by atoms with Gasteiger partial charge < -0.3 is 10.2 Å². The van der Waals surface area contributed by atoms with Crippen molar-refractivity contribution in [2.24, 2.45) is 11.8 Å². The third-order valence-corrected chi connectivity index (χ3v) is 5.19. The van der Waals surface area contributed by atoms with Gasteiger partial charge in [0.1, 0.15) is 11.6 Å². The number of nitrogens with zero attached hydrogens (tertiary/aromatic N) is 1. The fourth-order valence-corrected chi connectivity index (χ4v) is 3.74. The highest BCUT2D eigenvalue weighted by atomic mass is 16.2. The highest BCUT2D eigenvalue weighted by Gasteiger charge is 2.58. The van der Waals surface area contributed by atoms with Gasteiger partial charge in [-0.1, -0.05) is 27.7 Å². The zero-order valence-electron chi connectivity index (χ0n) is 14.1. The number of rotatable bonds is 6. The quantitative estimate of drug-likeness (QED) is 0.819. The molecule has 21 heavy (non-hydrogen) atoms. The van der Waals surface area contributed by atoms with E-state index in [4.69, 9.17) is 0 Å². The molecule has 2 aliphatic rings. The molecular weight excluding hydrogens is 264 g/mol. The molecule has 0 aromatic carbocycles. The van der Waals surface area contributed by atoms with Crippen molar-refractivity contribution in [2.45, 2.75) is 84.3 Å². The Kier molecular flexibility index (Phi) is 4.64. The molecule has 1 saturated carbocycles. The molecule has 2 rings (SSSR count). The van der Waals surface area contributed by atoms with Crippen LogP contribution in [0.2, 0.25) is 0 Å². The van der Waals surface area contributed by atoms with Crippen LogP contribution in [0.4, 0.5) is 0 Å². The Hall–Kier alpha value is -1.06. The Labute approximate surface area is 128 Å². The Balaban J connectivity index is 2.34. The molecule has 2 unspecified atom stereocenters. The van der Waals surface area contributed by atoms with Crippen molar-refractivity contribution in [2.75, 3.05) is 0 Å². The largest absolute Gasteiger partial charge is 0.342 e. The lowest BCUT2D eigenvalue weighted by Crippen LogP contribution is -2.72. The van der Waals surface area contributed by atoms with Gasteiger partial charge in [-0.2, -0.15) is 0 Å². The van der Waals surface area contributed by atoms with Gasteiger partial charge in [0.15, 0.2) is 0 Å². The summed E-state index contributed by atoms with van der Waals surface area (Å²) in [5, 5.41) is 3.01. The van der Waals surface area contributed by atoms with E-state index in [2.05, 4.69) is 33.0 Å². The summed E-state index contributed by atoms with van der Waals surface area (Å²) < 4.78 is 0.